The maximum Gasteiger partial charge on any atom is 0.330 e. The SMILES string of the molecule is O=C(/C=C/c1ccc(O)c(O)c1)NCCc1ccc(O)cc1.O=C(/C=C/c1ccc(O)c(O)c1)OCCc1ccc(O)cc1. The third kappa shape index (κ3) is 11.5. The third-order valence-electron chi connectivity index (χ3n) is 6.06. The second-order valence-electron chi connectivity index (χ2n) is 9.45. The molecule has 0 aliphatic rings. The molecule has 4 aromatic rings. The minimum atomic E-state index is -0.494. The van der Waals surface area contributed by atoms with Crippen molar-refractivity contribution in [3.8, 4) is 34.5 Å². The molecule has 0 bridgehead atoms. The summed E-state index contributed by atoms with van der Waals surface area (Å²) in [4.78, 5) is 23.2. The van der Waals surface area contributed by atoms with Crippen molar-refractivity contribution < 1.29 is 45.0 Å². The highest BCUT2D eigenvalue weighted by atomic mass is 16.5. The highest BCUT2D eigenvalue weighted by Gasteiger charge is 2.02. The second-order valence-corrected chi connectivity index (χ2v) is 9.45. The second kappa shape index (κ2) is 16.5. The molecule has 0 aliphatic carbocycles. The minimum Gasteiger partial charge on any atom is -0.508 e. The molecule has 0 unspecified atom stereocenters. The van der Waals surface area contributed by atoms with Gasteiger partial charge in [-0.1, -0.05) is 36.4 Å². The molecule has 0 aliphatic heterocycles. The molecule has 228 valence electrons. The van der Waals surface area contributed by atoms with Gasteiger partial charge >= 0.3 is 5.97 Å². The topological polar surface area (TPSA) is 177 Å². The Morgan fingerprint density at radius 1 is 0.591 bits per heavy atom. The lowest BCUT2D eigenvalue weighted by Crippen LogP contribution is -2.23. The van der Waals surface area contributed by atoms with E-state index in [1.807, 2.05) is 0 Å². The highest BCUT2D eigenvalue weighted by molar-refractivity contribution is 5.91. The molecule has 10 heteroatoms. The van der Waals surface area contributed by atoms with Crippen molar-refractivity contribution in [2.24, 2.45) is 0 Å². The molecule has 0 aromatic heterocycles. The van der Waals surface area contributed by atoms with Crippen LogP contribution in [0.15, 0.2) is 97.1 Å². The third-order valence-corrected chi connectivity index (χ3v) is 6.06. The van der Waals surface area contributed by atoms with E-state index in [-0.39, 0.29) is 47.0 Å². The van der Waals surface area contributed by atoms with E-state index in [0.717, 1.165) is 11.1 Å². The van der Waals surface area contributed by atoms with Crippen LogP contribution in [0.3, 0.4) is 0 Å². The average Bonchev–Trinajstić information content (AvgIpc) is 3.01. The Bertz CT molecular complexity index is 1470. The number of esters is 1. The number of phenolic OH excluding ortho intramolecular Hbond substituents is 6. The number of hydrogen-bond donors (Lipinski definition) is 7. The van der Waals surface area contributed by atoms with Crippen LogP contribution in [0.1, 0.15) is 22.3 Å². The number of carbonyl (C=O) groups excluding carboxylic acids is 2. The zero-order valence-electron chi connectivity index (χ0n) is 23.6. The first-order valence-corrected chi connectivity index (χ1v) is 13.5. The van der Waals surface area contributed by atoms with Gasteiger partial charge in [0.25, 0.3) is 0 Å². The summed E-state index contributed by atoms with van der Waals surface area (Å²) in [7, 11) is 0. The fourth-order valence-corrected chi connectivity index (χ4v) is 3.66. The Labute approximate surface area is 254 Å². The monoisotopic (exact) mass is 599 g/mol. The molecule has 7 N–H and O–H groups in total. The normalized spacial score (nSPS) is 10.7. The first-order valence-electron chi connectivity index (χ1n) is 13.5. The summed E-state index contributed by atoms with van der Waals surface area (Å²) in [5, 5.41) is 58.1. The van der Waals surface area contributed by atoms with Crippen LogP contribution in [-0.2, 0) is 27.2 Å². The van der Waals surface area contributed by atoms with Gasteiger partial charge in [-0.2, -0.15) is 0 Å². The zero-order valence-corrected chi connectivity index (χ0v) is 23.6. The molecule has 0 spiro atoms. The van der Waals surface area contributed by atoms with Gasteiger partial charge in [0.2, 0.25) is 5.91 Å². The first-order chi connectivity index (χ1) is 21.1. The van der Waals surface area contributed by atoms with Gasteiger partial charge in [-0.05, 0) is 89.4 Å². The van der Waals surface area contributed by atoms with Crippen molar-refractivity contribution in [3.63, 3.8) is 0 Å². The number of ether oxygens (including phenoxy) is 1. The summed E-state index contributed by atoms with van der Waals surface area (Å²) in [6.07, 6.45) is 6.88. The lowest BCUT2D eigenvalue weighted by molar-refractivity contribution is -0.137. The summed E-state index contributed by atoms with van der Waals surface area (Å²) in [6, 6.07) is 22.1. The molecule has 0 saturated carbocycles. The summed E-state index contributed by atoms with van der Waals surface area (Å²) < 4.78 is 5.05. The van der Waals surface area contributed by atoms with Crippen LogP contribution < -0.4 is 5.32 Å². The van der Waals surface area contributed by atoms with Crippen LogP contribution >= 0.6 is 0 Å². The quantitative estimate of drug-likeness (QED) is 0.0768. The van der Waals surface area contributed by atoms with Gasteiger partial charge in [0.05, 0.1) is 6.61 Å². The van der Waals surface area contributed by atoms with Crippen molar-refractivity contribution in [1.82, 2.24) is 5.32 Å². The van der Waals surface area contributed by atoms with Crippen LogP contribution in [0.2, 0.25) is 0 Å². The number of nitrogens with one attached hydrogen (secondary N) is 1. The number of amides is 1. The predicted molar refractivity (Wildman–Crippen MR) is 165 cm³/mol. The predicted octanol–water partition coefficient (Wildman–Crippen LogP) is 4.78. The largest absolute Gasteiger partial charge is 0.508 e. The Morgan fingerprint density at radius 2 is 1.07 bits per heavy atom. The fourth-order valence-electron chi connectivity index (χ4n) is 3.66. The van der Waals surface area contributed by atoms with Gasteiger partial charge in [0.1, 0.15) is 11.5 Å². The molecule has 0 radical (unpaired) electrons. The Balaban J connectivity index is 0.000000240. The van der Waals surface area contributed by atoms with Gasteiger partial charge in [0, 0.05) is 25.1 Å². The summed E-state index contributed by atoms with van der Waals surface area (Å²) in [5.41, 5.74) is 3.17. The summed E-state index contributed by atoms with van der Waals surface area (Å²) >= 11 is 0. The number of aromatic hydroxyl groups is 6. The number of hydrogen-bond acceptors (Lipinski definition) is 9. The average molecular weight is 600 g/mol. The lowest BCUT2D eigenvalue weighted by atomic mass is 10.1. The molecule has 0 saturated heterocycles. The smallest absolute Gasteiger partial charge is 0.330 e. The van der Waals surface area contributed by atoms with E-state index in [1.165, 1.54) is 42.5 Å². The molecule has 44 heavy (non-hydrogen) atoms. The highest BCUT2D eigenvalue weighted by Crippen LogP contribution is 2.26. The van der Waals surface area contributed by atoms with Crippen LogP contribution in [-0.4, -0.2) is 55.7 Å². The van der Waals surface area contributed by atoms with Crippen molar-refractivity contribution >= 4 is 24.0 Å². The summed E-state index contributed by atoms with van der Waals surface area (Å²) in [6.45, 7) is 0.712. The van der Waals surface area contributed by atoms with Gasteiger partial charge in [-0.25, -0.2) is 4.79 Å². The van der Waals surface area contributed by atoms with E-state index < -0.39 is 5.97 Å². The molecular weight excluding hydrogens is 566 g/mol. The van der Waals surface area contributed by atoms with Crippen LogP contribution in [0.5, 0.6) is 34.5 Å². The maximum absolute atomic E-state index is 11.7. The Morgan fingerprint density at radius 3 is 1.57 bits per heavy atom. The van der Waals surface area contributed by atoms with E-state index in [0.29, 0.717) is 30.5 Å². The molecule has 1 amide bonds. The molecule has 0 fully saturated rings. The molecule has 10 nitrogen and oxygen atoms in total. The Kier molecular flexibility index (Phi) is 12.2. The van der Waals surface area contributed by atoms with Crippen LogP contribution in [0.4, 0.5) is 0 Å². The Hall–Kier alpha value is -5.90. The van der Waals surface area contributed by atoms with Gasteiger partial charge in [-0.3, -0.25) is 4.79 Å². The van der Waals surface area contributed by atoms with E-state index in [1.54, 1.807) is 66.7 Å². The molecule has 0 heterocycles. The molecule has 4 aromatic carbocycles. The maximum atomic E-state index is 11.7. The zero-order chi connectivity index (χ0) is 31.9. The van der Waals surface area contributed by atoms with Gasteiger partial charge in [0.15, 0.2) is 23.0 Å². The van der Waals surface area contributed by atoms with Crippen molar-refractivity contribution in [3.05, 3.63) is 119 Å². The standard InChI is InChI=1S/C17H17NO4.C17H16O5/c19-14-5-1-12(2-6-14)9-10-18-17(22)8-4-13-3-7-15(20)16(21)11-13;18-14-5-1-12(2-6-14)9-10-22-17(21)8-4-13-3-7-15(19)16(20)11-13/h1-8,11,19-21H,9-10H2,(H,18,22);1-8,11,18-20H,9-10H2/b2*8-4+. The van der Waals surface area contributed by atoms with Crippen LogP contribution in [0.25, 0.3) is 12.2 Å². The van der Waals surface area contributed by atoms with Gasteiger partial charge < -0.3 is 40.7 Å². The van der Waals surface area contributed by atoms with E-state index in [2.05, 4.69) is 5.32 Å². The number of carbonyl (C=O) groups is 2. The first kappa shape index (κ1) is 32.6. The molecular formula is C34H33NO9. The van der Waals surface area contributed by atoms with E-state index in [4.69, 9.17) is 9.84 Å². The van der Waals surface area contributed by atoms with Crippen molar-refractivity contribution in [2.45, 2.75) is 12.8 Å². The fraction of sp³-hybridized carbons (Fsp3) is 0.118. The number of rotatable bonds is 10. The minimum absolute atomic E-state index is 0.195. The lowest BCUT2D eigenvalue weighted by Gasteiger charge is -2.03. The van der Waals surface area contributed by atoms with E-state index in [9.17, 15) is 35.1 Å². The van der Waals surface area contributed by atoms with Gasteiger partial charge in [-0.15, -0.1) is 0 Å². The van der Waals surface area contributed by atoms with Crippen molar-refractivity contribution in [2.75, 3.05) is 13.2 Å². The van der Waals surface area contributed by atoms with E-state index >= 15 is 0 Å². The molecule has 0 atom stereocenters. The molecule has 4 rings (SSSR count). The van der Waals surface area contributed by atoms with Crippen LogP contribution in [0, 0.1) is 0 Å². The van der Waals surface area contributed by atoms with Crippen molar-refractivity contribution in [1.29, 1.82) is 0 Å². The summed E-state index contributed by atoms with van der Waals surface area (Å²) in [5.74, 6) is -1.21. The number of phenols is 6. The number of benzene rings is 4.